The van der Waals surface area contributed by atoms with Gasteiger partial charge in [-0.05, 0) is 12.1 Å². The average Bonchev–Trinajstić information content (AvgIpc) is 3.27. The van der Waals surface area contributed by atoms with Crippen LogP contribution in [0.1, 0.15) is 13.8 Å². The maximum absolute atomic E-state index is 4.45. The fourth-order valence-electron chi connectivity index (χ4n) is 2.19. The van der Waals surface area contributed by atoms with Gasteiger partial charge < -0.3 is 5.32 Å². The second kappa shape index (κ2) is 6.69. The first-order valence-electron chi connectivity index (χ1n) is 7.40. The number of nitrogens with zero attached hydrogens (tertiary/aromatic N) is 5. The molecule has 116 valence electrons. The Balaban J connectivity index is 0.000000753. The molecular weight excluding hydrogens is 290 g/mol. The smallest absolute Gasteiger partial charge is 0.180 e. The lowest BCUT2D eigenvalue weighted by Crippen LogP contribution is -1.98. The second-order valence-corrected chi connectivity index (χ2v) is 4.47. The van der Waals surface area contributed by atoms with Crippen LogP contribution in [0.3, 0.4) is 0 Å². The van der Waals surface area contributed by atoms with E-state index in [0.717, 1.165) is 22.6 Å². The third-order valence-electron chi connectivity index (χ3n) is 3.15. The zero-order valence-corrected chi connectivity index (χ0v) is 12.9. The predicted molar refractivity (Wildman–Crippen MR) is 89.4 cm³/mol. The minimum Gasteiger partial charge on any atom is -0.336 e. The normalized spacial score (nSPS) is 10.2. The number of H-pyrrole nitrogens is 1. The van der Waals surface area contributed by atoms with Gasteiger partial charge in [-0.25, -0.2) is 9.97 Å². The van der Waals surface area contributed by atoms with E-state index in [2.05, 4.69) is 30.5 Å². The summed E-state index contributed by atoms with van der Waals surface area (Å²) in [7, 11) is 0. The SMILES string of the molecule is CC.c1cncc(Nc2nccn3c(-c4cn[nH]c4)cnc23)c1. The van der Waals surface area contributed by atoms with Crippen molar-refractivity contribution >= 4 is 17.2 Å². The number of rotatable bonds is 3. The van der Waals surface area contributed by atoms with Crippen molar-refractivity contribution in [3.8, 4) is 11.3 Å². The Hall–Kier alpha value is -3.22. The lowest BCUT2D eigenvalue weighted by Gasteiger charge is -2.06. The van der Waals surface area contributed by atoms with Crippen LogP contribution < -0.4 is 5.32 Å². The summed E-state index contributed by atoms with van der Waals surface area (Å²) in [6, 6.07) is 3.79. The van der Waals surface area contributed by atoms with Gasteiger partial charge in [-0.1, -0.05) is 13.8 Å². The molecule has 0 aliphatic heterocycles. The van der Waals surface area contributed by atoms with Crippen molar-refractivity contribution in [2.24, 2.45) is 0 Å². The van der Waals surface area contributed by atoms with Crippen LogP contribution in [0.15, 0.2) is 55.5 Å². The van der Waals surface area contributed by atoms with E-state index in [1.165, 1.54) is 0 Å². The molecule has 0 aromatic carbocycles. The first-order valence-corrected chi connectivity index (χ1v) is 7.40. The Morgan fingerprint density at radius 1 is 1.09 bits per heavy atom. The van der Waals surface area contributed by atoms with E-state index in [1.54, 1.807) is 31.0 Å². The molecular formula is C16H17N7. The summed E-state index contributed by atoms with van der Waals surface area (Å²) < 4.78 is 1.97. The molecule has 0 aliphatic rings. The Kier molecular flexibility index (Phi) is 4.28. The van der Waals surface area contributed by atoms with Gasteiger partial charge in [-0.2, -0.15) is 5.10 Å². The molecule has 4 heterocycles. The number of fused-ring (bicyclic) bond motifs is 1. The third-order valence-corrected chi connectivity index (χ3v) is 3.15. The number of hydrogen-bond acceptors (Lipinski definition) is 5. The first kappa shape index (κ1) is 14.7. The van der Waals surface area contributed by atoms with Gasteiger partial charge in [0.2, 0.25) is 0 Å². The van der Waals surface area contributed by atoms with Crippen LogP contribution in [0, 0.1) is 0 Å². The number of imidazole rings is 1. The first-order chi connectivity index (χ1) is 11.4. The van der Waals surface area contributed by atoms with Gasteiger partial charge in [0.25, 0.3) is 0 Å². The van der Waals surface area contributed by atoms with E-state index in [-0.39, 0.29) is 0 Å². The fraction of sp³-hybridized carbons (Fsp3) is 0.125. The van der Waals surface area contributed by atoms with Crippen molar-refractivity contribution in [3.63, 3.8) is 0 Å². The van der Waals surface area contributed by atoms with Crippen LogP contribution in [0.5, 0.6) is 0 Å². The van der Waals surface area contributed by atoms with Crippen molar-refractivity contribution < 1.29 is 0 Å². The predicted octanol–water partition coefficient (Wildman–Crippen LogP) is 3.28. The van der Waals surface area contributed by atoms with Crippen LogP contribution in [0.2, 0.25) is 0 Å². The maximum Gasteiger partial charge on any atom is 0.180 e. The summed E-state index contributed by atoms with van der Waals surface area (Å²) in [5.74, 6) is 0.681. The number of anilines is 2. The highest BCUT2D eigenvalue weighted by atomic mass is 15.1. The minimum atomic E-state index is 0.681. The van der Waals surface area contributed by atoms with E-state index >= 15 is 0 Å². The third kappa shape index (κ3) is 2.89. The van der Waals surface area contributed by atoms with Crippen molar-refractivity contribution in [3.05, 3.63) is 55.5 Å². The molecule has 0 bridgehead atoms. The molecule has 0 fully saturated rings. The number of aromatic nitrogens is 6. The summed E-state index contributed by atoms with van der Waals surface area (Å²) in [5.41, 5.74) is 3.54. The summed E-state index contributed by atoms with van der Waals surface area (Å²) in [6.07, 6.45) is 12.5. The molecule has 7 heteroatoms. The molecule has 2 N–H and O–H groups in total. The maximum atomic E-state index is 4.45. The molecule has 4 rings (SSSR count). The lowest BCUT2D eigenvalue weighted by atomic mass is 10.3. The van der Waals surface area contributed by atoms with Gasteiger partial charge in [0, 0.05) is 30.4 Å². The standard InChI is InChI=1S/C14H11N7.C2H6/c1-2-11(8-15-3-1)20-13-14-17-9-12(10-6-18-19-7-10)21(14)5-4-16-13;1-2/h1-9H,(H,16,20)(H,18,19);1-2H3. The molecule has 0 aliphatic carbocycles. The van der Waals surface area contributed by atoms with Gasteiger partial charge in [0.05, 0.1) is 30.0 Å². The average molecular weight is 307 g/mol. The highest BCUT2D eigenvalue weighted by molar-refractivity contribution is 5.73. The van der Waals surface area contributed by atoms with Crippen LogP contribution in [-0.2, 0) is 0 Å². The summed E-state index contributed by atoms with van der Waals surface area (Å²) in [6.45, 7) is 4.00. The molecule has 0 spiro atoms. The second-order valence-electron chi connectivity index (χ2n) is 4.47. The highest BCUT2D eigenvalue weighted by Gasteiger charge is 2.10. The molecule has 0 amide bonds. The van der Waals surface area contributed by atoms with Crippen LogP contribution in [0.25, 0.3) is 16.9 Å². The quantitative estimate of drug-likeness (QED) is 0.607. The Labute approximate surface area is 133 Å². The summed E-state index contributed by atoms with van der Waals surface area (Å²) >= 11 is 0. The number of pyridine rings is 1. The molecule has 0 saturated heterocycles. The van der Waals surface area contributed by atoms with Crippen LogP contribution in [0.4, 0.5) is 11.5 Å². The van der Waals surface area contributed by atoms with E-state index in [1.807, 2.05) is 42.8 Å². The van der Waals surface area contributed by atoms with Gasteiger partial charge in [-0.15, -0.1) is 0 Å². The van der Waals surface area contributed by atoms with E-state index < -0.39 is 0 Å². The molecule has 0 saturated carbocycles. The number of aromatic amines is 1. The summed E-state index contributed by atoms with van der Waals surface area (Å²) in [5, 5.41) is 10.0. The van der Waals surface area contributed by atoms with Crippen molar-refractivity contribution in [2.45, 2.75) is 13.8 Å². The zero-order valence-electron chi connectivity index (χ0n) is 12.9. The molecule has 0 unspecified atom stereocenters. The molecule has 4 aromatic heterocycles. The fourth-order valence-corrected chi connectivity index (χ4v) is 2.19. The zero-order chi connectivity index (χ0) is 16.1. The van der Waals surface area contributed by atoms with Crippen molar-refractivity contribution in [2.75, 3.05) is 5.32 Å². The largest absolute Gasteiger partial charge is 0.336 e. The Bertz CT molecular complexity index is 866. The van der Waals surface area contributed by atoms with Crippen LogP contribution >= 0.6 is 0 Å². The summed E-state index contributed by atoms with van der Waals surface area (Å²) in [4.78, 5) is 12.9. The van der Waals surface area contributed by atoms with Gasteiger partial charge in [0.15, 0.2) is 11.5 Å². The lowest BCUT2D eigenvalue weighted by molar-refractivity contribution is 1.09. The molecule has 23 heavy (non-hydrogen) atoms. The van der Waals surface area contributed by atoms with E-state index in [4.69, 9.17) is 0 Å². The highest BCUT2D eigenvalue weighted by Crippen LogP contribution is 2.23. The topological polar surface area (TPSA) is 83.8 Å². The molecule has 7 nitrogen and oxygen atoms in total. The van der Waals surface area contributed by atoms with Crippen LogP contribution in [-0.4, -0.2) is 29.5 Å². The monoisotopic (exact) mass is 307 g/mol. The number of hydrogen-bond donors (Lipinski definition) is 2. The minimum absolute atomic E-state index is 0.681. The molecule has 0 atom stereocenters. The molecule has 4 aromatic rings. The van der Waals surface area contributed by atoms with Gasteiger partial charge in [0.1, 0.15) is 0 Å². The van der Waals surface area contributed by atoms with Gasteiger partial charge >= 0.3 is 0 Å². The van der Waals surface area contributed by atoms with E-state index in [0.29, 0.717) is 5.82 Å². The van der Waals surface area contributed by atoms with Crippen molar-refractivity contribution in [1.82, 2.24) is 29.5 Å². The van der Waals surface area contributed by atoms with E-state index in [9.17, 15) is 0 Å². The van der Waals surface area contributed by atoms with Crippen molar-refractivity contribution in [1.29, 1.82) is 0 Å². The van der Waals surface area contributed by atoms with Gasteiger partial charge in [-0.3, -0.25) is 14.5 Å². The Morgan fingerprint density at radius 2 is 2.00 bits per heavy atom. The Morgan fingerprint density at radius 3 is 2.74 bits per heavy atom. The molecule has 0 radical (unpaired) electrons. The number of nitrogens with one attached hydrogen (secondary N) is 2.